The van der Waals surface area contributed by atoms with E-state index in [9.17, 15) is 0 Å². The topological polar surface area (TPSA) is 18.2 Å². The summed E-state index contributed by atoms with van der Waals surface area (Å²) in [5.41, 5.74) is 15.2. The van der Waals surface area contributed by atoms with Gasteiger partial charge in [0, 0.05) is 81.1 Å². The van der Waals surface area contributed by atoms with Gasteiger partial charge < -0.3 is 17.8 Å². The molecule has 16 rings (SSSR count). The van der Waals surface area contributed by atoms with Crippen LogP contribution in [0.25, 0.3) is 142 Å². The molecule has 264 valence electrons. The molecule has 0 atom stereocenters. The zero-order valence-electron chi connectivity index (χ0n) is 31.0. The minimum Gasteiger partial charge on any atom is -0.309 e. The van der Waals surface area contributed by atoms with Crippen LogP contribution in [0.15, 0.2) is 170 Å². The van der Waals surface area contributed by atoms with Crippen LogP contribution in [0.3, 0.4) is 0 Å². The molecule has 0 bridgehead atoms. The Morgan fingerprint density at radius 1 is 0.224 bits per heavy atom. The highest BCUT2D eigenvalue weighted by Crippen LogP contribution is 2.49. The SMILES string of the molecule is c1ccc(-n2c3ccccc3c3c4c5cccc6c7cc8c(cc7n(c4ccc32)c65)c2cccc3c4c5c6cccc7c9ccccc9n(c5ccc4n8c23)c76)cc1. The standard InChI is InChI=1S/C54H28N4/c1-2-11-29(12-3-1)55-41-22-7-5-14-34(41)48-42(55)23-24-44-49(48)35-19-9-16-32-38-28-47-39(27-46(38)57(44)53(32)35)33-17-10-20-37-51-45(58(47)54(33)37)26-25-43-50(51)36-18-8-15-31-30-13-4-6-21-40(30)56(43)52(31)36/h1-28H. The maximum absolute atomic E-state index is 2.57. The van der Waals surface area contributed by atoms with Crippen LogP contribution in [0.1, 0.15) is 0 Å². The number of aromatic nitrogens is 4. The average molecular weight is 733 g/mol. The smallest absolute Gasteiger partial charge is 0.0620 e. The monoisotopic (exact) mass is 732 g/mol. The third kappa shape index (κ3) is 2.97. The van der Waals surface area contributed by atoms with Gasteiger partial charge in [-0.3, -0.25) is 0 Å². The van der Waals surface area contributed by atoms with Gasteiger partial charge in [0.1, 0.15) is 0 Å². The Kier molecular flexibility index (Phi) is 4.63. The first-order valence-corrected chi connectivity index (χ1v) is 20.2. The van der Waals surface area contributed by atoms with Crippen molar-refractivity contribution < 1.29 is 0 Å². The van der Waals surface area contributed by atoms with Crippen LogP contribution in [0.4, 0.5) is 0 Å². The van der Waals surface area contributed by atoms with Gasteiger partial charge in [-0.2, -0.15) is 0 Å². The molecule has 0 saturated heterocycles. The van der Waals surface area contributed by atoms with Crippen molar-refractivity contribution in [3.05, 3.63) is 170 Å². The van der Waals surface area contributed by atoms with Crippen molar-refractivity contribution in [2.45, 2.75) is 0 Å². The lowest BCUT2D eigenvalue weighted by Crippen LogP contribution is -1.92. The molecule has 0 aliphatic rings. The van der Waals surface area contributed by atoms with Crippen LogP contribution in [-0.4, -0.2) is 17.8 Å². The van der Waals surface area contributed by atoms with Gasteiger partial charge in [-0.05, 0) is 60.7 Å². The number of benzene rings is 9. The van der Waals surface area contributed by atoms with E-state index in [-0.39, 0.29) is 0 Å². The van der Waals surface area contributed by atoms with E-state index in [1.54, 1.807) is 0 Å². The van der Waals surface area contributed by atoms with Gasteiger partial charge in [-0.25, -0.2) is 0 Å². The fourth-order valence-electron chi connectivity index (χ4n) is 11.9. The minimum atomic E-state index is 1.18. The van der Waals surface area contributed by atoms with Gasteiger partial charge in [-0.1, -0.05) is 109 Å². The fourth-order valence-corrected chi connectivity index (χ4v) is 11.9. The van der Waals surface area contributed by atoms with Crippen molar-refractivity contribution in [2.75, 3.05) is 0 Å². The van der Waals surface area contributed by atoms with Crippen LogP contribution >= 0.6 is 0 Å². The molecule has 0 aliphatic carbocycles. The third-order valence-electron chi connectivity index (χ3n) is 13.9. The molecule has 0 amide bonds. The minimum absolute atomic E-state index is 1.18. The zero-order valence-corrected chi connectivity index (χ0v) is 31.0. The predicted molar refractivity (Wildman–Crippen MR) is 245 cm³/mol. The maximum atomic E-state index is 2.57. The molecule has 4 nitrogen and oxygen atoms in total. The van der Waals surface area contributed by atoms with E-state index in [1.807, 2.05) is 0 Å². The van der Waals surface area contributed by atoms with Crippen molar-refractivity contribution >= 4 is 136 Å². The molecular formula is C54H28N4. The second-order valence-corrected chi connectivity index (χ2v) is 16.4. The van der Waals surface area contributed by atoms with E-state index in [4.69, 9.17) is 0 Å². The molecule has 58 heavy (non-hydrogen) atoms. The number of nitrogens with zero attached hydrogens (tertiary/aromatic N) is 4. The van der Waals surface area contributed by atoms with Gasteiger partial charge in [-0.15, -0.1) is 0 Å². The molecule has 0 aliphatic heterocycles. The summed E-state index contributed by atoms with van der Waals surface area (Å²) in [6.45, 7) is 0. The summed E-state index contributed by atoms with van der Waals surface area (Å²) >= 11 is 0. The molecule has 0 radical (unpaired) electrons. The molecular weight excluding hydrogens is 705 g/mol. The lowest BCUT2D eigenvalue weighted by atomic mass is 10.0. The van der Waals surface area contributed by atoms with E-state index in [0.29, 0.717) is 0 Å². The van der Waals surface area contributed by atoms with Crippen molar-refractivity contribution in [3.8, 4) is 5.69 Å². The fraction of sp³-hybridized carbons (Fsp3) is 0. The van der Waals surface area contributed by atoms with E-state index in [0.717, 1.165) is 0 Å². The second kappa shape index (κ2) is 9.40. The Hall–Kier alpha value is -7.82. The summed E-state index contributed by atoms with van der Waals surface area (Å²) in [6.07, 6.45) is 0. The van der Waals surface area contributed by atoms with Gasteiger partial charge in [0.2, 0.25) is 0 Å². The lowest BCUT2D eigenvalue weighted by Gasteiger charge is -2.07. The summed E-state index contributed by atoms with van der Waals surface area (Å²) in [7, 11) is 0. The molecule has 0 N–H and O–H groups in total. The molecule has 9 aromatic carbocycles. The molecule has 16 aromatic rings. The molecule has 0 fully saturated rings. The molecule has 7 aromatic heterocycles. The number of fused-ring (bicyclic) bond motifs is 23. The van der Waals surface area contributed by atoms with Crippen LogP contribution in [-0.2, 0) is 0 Å². The van der Waals surface area contributed by atoms with Crippen LogP contribution in [0.5, 0.6) is 0 Å². The number of hydrogen-bond donors (Lipinski definition) is 0. The van der Waals surface area contributed by atoms with Crippen molar-refractivity contribution in [1.29, 1.82) is 0 Å². The molecule has 4 heteroatoms. The van der Waals surface area contributed by atoms with E-state index in [2.05, 4.69) is 188 Å². The van der Waals surface area contributed by atoms with Crippen molar-refractivity contribution in [3.63, 3.8) is 0 Å². The molecule has 0 spiro atoms. The Labute approximate surface area is 328 Å². The normalized spacial score (nSPS) is 13.2. The highest BCUT2D eigenvalue weighted by atomic mass is 15.0. The lowest BCUT2D eigenvalue weighted by molar-refractivity contribution is 1.18. The Balaban J connectivity index is 1.06. The highest BCUT2D eigenvalue weighted by molar-refractivity contribution is 6.37. The van der Waals surface area contributed by atoms with Gasteiger partial charge in [0.25, 0.3) is 0 Å². The van der Waals surface area contributed by atoms with Crippen molar-refractivity contribution in [1.82, 2.24) is 17.8 Å². The summed E-state index contributed by atoms with van der Waals surface area (Å²) in [4.78, 5) is 0. The number of para-hydroxylation sites is 6. The van der Waals surface area contributed by atoms with Crippen molar-refractivity contribution in [2.24, 2.45) is 0 Å². The van der Waals surface area contributed by atoms with E-state index >= 15 is 0 Å². The summed E-state index contributed by atoms with van der Waals surface area (Å²) in [5.74, 6) is 0. The van der Waals surface area contributed by atoms with E-state index < -0.39 is 0 Å². The molecule has 0 unspecified atom stereocenters. The predicted octanol–water partition coefficient (Wildman–Crippen LogP) is 14.2. The quantitative estimate of drug-likeness (QED) is 0.160. The van der Waals surface area contributed by atoms with Gasteiger partial charge in [0.15, 0.2) is 0 Å². The van der Waals surface area contributed by atoms with Crippen LogP contribution in [0, 0.1) is 0 Å². The first kappa shape index (κ1) is 28.6. The first-order chi connectivity index (χ1) is 28.8. The van der Waals surface area contributed by atoms with Gasteiger partial charge in [0.05, 0.1) is 60.7 Å². The second-order valence-electron chi connectivity index (χ2n) is 16.4. The largest absolute Gasteiger partial charge is 0.309 e. The Morgan fingerprint density at radius 2 is 0.621 bits per heavy atom. The average Bonchev–Trinajstić information content (AvgIpc) is 4.14. The molecule has 0 saturated carbocycles. The first-order valence-electron chi connectivity index (χ1n) is 20.2. The zero-order chi connectivity index (χ0) is 37.1. The summed E-state index contributed by atoms with van der Waals surface area (Å²) in [5, 5.41) is 18.4. The summed E-state index contributed by atoms with van der Waals surface area (Å²) in [6, 6.07) is 63.7. The number of hydrogen-bond acceptors (Lipinski definition) is 0. The Bertz CT molecular complexity index is 4480. The van der Waals surface area contributed by atoms with Crippen LogP contribution in [0.2, 0.25) is 0 Å². The Morgan fingerprint density at radius 3 is 1.19 bits per heavy atom. The third-order valence-corrected chi connectivity index (χ3v) is 13.9. The maximum Gasteiger partial charge on any atom is 0.0620 e. The summed E-state index contributed by atoms with van der Waals surface area (Å²) < 4.78 is 10.1. The van der Waals surface area contributed by atoms with Gasteiger partial charge >= 0.3 is 0 Å². The van der Waals surface area contributed by atoms with E-state index in [1.165, 1.54) is 142 Å². The van der Waals surface area contributed by atoms with Crippen LogP contribution < -0.4 is 0 Å². The number of rotatable bonds is 1. The molecule has 7 heterocycles. The highest BCUT2D eigenvalue weighted by Gasteiger charge is 2.27.